The summed E-state index contributed by atoms with van der Waals surface area (Å²) in [4.78, 5) is 24.1. The lowest BCUT2D eigenvalue weighted by Gasteiger charge is -2.32. The molecule has 24 heavy (non-hydrogen) atoms. The molecule has 1 saturated heterocycles. The Morgan fingerprint density at radius 3 is 2.54 bits per heavy atom. The largest absolute Gasteiger partial charge is 0.479 e. The summed E-state index contributed by atoms with van der Waals surface area (Å²) in [5, 5.41) is 10.9. The first-order chi connectivity index (χ1) is 11.3. The first-order valence-corrected chi connectivity index (χ1v) is 7.68. The molecule has 0 bridgehead atoms. The monoisotopic (exact) mass is 344 g/mol. The van der Waals surface area contributed by atoms with Crippen molar-refractivity contribution in [3.8, 4) is 0 Å². The van der Waals surface area contributed by atoms with Gasteiger partial charge in [0.2, 0.25) is 0 Å². The fourth-order valence-electron chi connectivity index (χ4n) is 3.15. The number of hydrogen-bond acceptors (Lipinski definition) is 4. The topological polar surface area (TPSA) is 69.6 Å². The summed E-state index contributed by atoms with van der Waals surface area (Å²) in [5.74, 6) is -5.01. The molecule has 1 aliphatic rings. The van der Waals surface area contributed by atoms with Crippen LogP contribution in [0, 0.1) is 17.5 Å². The third kappa shape index (κ3) is 3.29. The van der Waals surface area contributed by atoms with Crippen molar-refractivity contribution in [3.05, 3.63) is 35.1 Å². The standard InChI is InChI=1S/C16H19F3N2O3/c1-20-21-7-3-6-16(21,15(23)24)14(22)5-2-4-10-8-12(18)13(19)9-11(10)17/h8-9,20H,2-7H2,1H3,(H,23,24)/t16-/m1/s1. The molecule has 0 aliphatic carbocycles. The van der Waals surface area contributed by atoms with Gasteiger partial charge in [-0.05, 0) is 44.4 Å². The van der Waals surface area contributed by atoms with Crippen LogP contribution in [0.15, 0.2) is 12.1 Å². The van der Waals surface area contributed by atoms with Crippen LogP contribution in [0.1, 0.15) is 31.2 Å². The lowest BCUT2D eigenvalue weighted by Crippen LogP contribution is -2.60. The number of carboxylic acids is 1. The fraction of sp³-hybridized carbons (Fsp3) is 0.500. The molecular formula is C16H19F3N2O3. The number of hydrogen-bond donors (Lipinski definition) is 2. The number of rotatable bonds is 7. The van der Waals surface area contributed by atoms with Crippen LogP contribution >= 0.6 is 0 Å². The van der Waals surface area contributed by atoms with Gasteiger partial charge in [0.1, 0.15) is 5.82 Å². The van der Waals surface area contributed by atoms with Crippen LogP contribution in [0.3, 0.4) is 0 Å². The van der Waals surface area contributed by atoms with Gasteiger partial charge in [-0.1, -0.05) is 0 Å². The highest BCUT2D eigenvalue weighted by molar-refractivity contribution is 6.08. The van der Waals surface area contributed by atoms with Gasteiger partial charge in [-0.3, -0.25) is 10.2 Å². The number of Topliss-reactive ketones (excluding diaryl/α,β-unsaturated/α-hetero) is 1. The molecule has 2 N–H and O–H groups in total. The highest BCUT2D eigenvalue weighted by Crippen LogP contribution is 2.30. The number of nitrogens with one attached hydrogen (secondary N) is 1. The van der Waals surface area contributed by atoms with Gasteiger partial charge in [-0.2, -0.15) is 0 Å². The van der Waals surface area contributed by atoms with Crippen molar-refractivity contribution in [1.29, 1.82) is 0 Å². The Kier molecular flexibility index (Phi) is 5.61. The molecule has 0 spiro atoms. The van der Waals surface area contributed by atoms with Gasteiger partial charge in [0.15, 0.2) is 23.0 Å². The minimum atomic E-state index is -1.62. The van der Waals surface area contributed by atoms with E-state index in [1.807, 2.05) is 0 Å². The zero-order valence-corrected chi connectivity index (χ0v) is 13.2. The predicted molar refractivity (Wildman–Crippen MR) is 79.6 cm³/mol. The summed E-state index contributed by atoms with van der Waals surface area (Å²) in [6.07, 6.45) is 0.832. The molecule has 1 aromatic carbocycles. The Morgan fingerprint density at radius 2 is 1.92 bits per heavy atom. The van der Waals surface area contributed by atoms with Crippen LogP contribution in [0.25, 0.3) is 0 Å². The molecule has 1 aromatic rings. The Bertz CT molecular complexity index is 654. The van der Waals surface area contributed by atoms with Crippen LogP contribution in [0.2, 0.25) is 0 Å². The van der Waals surface area contributed by atoms with E-state index in [9.17, 15) is 27.9 Å². The lowest BCUT2D eigenvalue weighted by molar-refractivity contribution is -0.157. The van der Waals surface area contributed by atoms with E-state index in [1.54, 1.807) is 7.05 Å². The molecule has 132 valence electrons. The number of aryl methyl sites for hydroxylation is 1. The van der Waals surface area contributed by atoms with E-state index in [2.05, 4.69) is 5.43 Å². The molecule has 0 radical (unpaired) electrons. The van der Waals surface area contributed by atoms with Crippen molar-refractivity contribution >= 4 is 11.8 Å². The fourth-order valence-corrected chi connectivity index (χ4v) is 3.15. The second kappa shape index (κ2) is 7.31. The Hall–Kier alpha value is -1.93. The molecule has 0 unspecified atom stereocenters. The van der Waals surface area contributed by atoms with Gasteiger partial charge >= 0.3 is 5.97 Å². The summed E-state index contributed by atoms with van der Waals surface area (Å²) >= 11 is 0. The number of ketones is 1. The number of aliphatic carboxylic acids is 1. The average molecular weight is 344 g/mol. The second-order valence-corrected chi connectivity index (χ2v) is 5.78. The van der Waals surface area contributed by atoms with E-state index < -0.39 is 34.7 Å². The summed E-state index contributed by atoms with van der Waals surface area (Å²) < 4.78 is 39.6. The number of carbonyl (C=O) groups excluding carboxylic acids is 1. The maximum Gasteiger partial charge on any atom is 0.333 e. The zero-order valence-electron chi connectivity index (χ0n) is 13.2. The Labute approximate surface area is 137 Å². The second-order valence-electron chi connectivity index (χ2n) is 5.78. The molecule has 1 aliphatic heterocycles. The molecule has 0 aromatic heterocycles. The quantitative estimate of drug-likeness (QED) is 0.585. The van der Waals surface area contributed by atoms with E-state index >= 15 is 0 Å². The van der Waals surface area contributed by atoms with E-state index in [0.717, 1.165) is 6.07 Å². The maximum atomic E-state index is 13.6. The summed E-state index contributed by atoms with van der Waals surface area (Å²) in [6, 6.07) is 1.22. The molecule has 0 saturated carbocycles. The van der Waals surface area contributed by atoms with Gasteiger partial charge in [0, 0.05) is 19.0 Å². The van der Waals surface area contributed by atoms with Crippen molar-refractivity contribution in [3.63, 3.8) is 0 Å². The highest BCUT2D eigenvalue weighted by Gasteiger charge is 2.53. The average Bonchev–Trinajstić information content (AvgIpc) is 2.97. The third-order valence-electron chi connectivity index (χ3n) is 4.41. The van der Waals surface area contributed by atoms with Crippen LogP contribution in [-0.4, -0.2) is 41.0 Å². The normalized spacial score (nSPS) is 21.2. The lowest BCUT2D eigenvalue weighted by atomic mass is 9.88. The molecule has 2 rings (SSSR count). The van der Waals surface area contributed by atoms with Crippen molar-refractivity contribution in [2.75, 3.05) is 13.6 Å². The summed E-state index contributed by atoms with van der Waals surface area (Å²) in [5.41, 5.74) is 1.07. The van der Waals surface area contributed by atoms with Gasteiger partial charge in [-0.15, -0.1) is 0 Å². The minimum Gasteiger partial charge on any atom is -0.479 e. The highest BCUT2D eigenvalue weighted by atomic mass is 19.2. The smallest absolute Gasteiger partial charge is 0.333 e. The molecule has 0 amide bonds. The first kappa shape index (κ1) is 18.4. The van der Waals surface area contributed by atoms with Gasteiger partial charge < -0.3 is 5.11 Å². The Balaban J connectivity index is 2.05. The number of carboxylic acid groups (broad SMARTS) is 1. The van der Waals surface area contributed by atoms with Crippen molar-refractivity contribution in [1.82, 2.24) is 10.4 Å². The molecule has 8 heteroatoms. The molecular weight excluding hydrogens is 325 g/mol. The third-order valence-corrected chi connectivity index (χ3v) is 4.41. The summed E-state index contributed by atoms with van der Waals surface area (Å²) in [7, 11) is 1.55. The van der Waals surface area contributed by atoms with Gasteiger partial charge in [-0.25, -0.2) is 23.0 Å². The number of nitrogens with zero attached hydrogens (tertiary/aromatic N) is 1. The van der Waals surface area contributed by atoms with Crippen LogP contribution in [0.4, 0.5) is 13.2 Å². The van der Waals surface area contributed by atoms with Crippen LogP contribution in [0.5, 0.6) is 0 Å². The number of benzene rings is 1. The molecule has 1 fully saturated rings. The minimum absolute atomic E-state index is 0.0179. The predicted octanol–water partition coefficient (Wildman–Crippen LogP) is 2.05. The summed E-state index contributed by atoms with van der Waals surface area (Å²) in [6.45, 7) is 0.437. The first-order valence-electron chi connectivity index (χ1n) is 7.68. The molecule has 1 atom stereocenters. The molecule has 5 nitrogen and oxygen atoms in total. The van der Waals surface area contributed by atoms with E-state index in [1.165, 1.54) is 5.01 Å². The van der Waals surface area contributed by atoms with Gasteiger partial charge in [0.05, 0.1) is 0 Å². The van der Waals surface area contributed by atoms with Crippen molar-refractivity contribution in [2.45, 2.75) is 37.6 Å². The van der Waals surface area contributed by atoms with Crippen LogP contribution in [-0.2, 0) is 16.0 Å². The van der Waals surface area contributed by atoms with E-state index in [4.69, 9.17) is 0 Å². The Morgan fingerprint density at radius 1 is 1.25 bits per heavy atom. The SMILES string of the molecule is CNN1CCC[C@]1(C(=O)O)C(=O)CCCc1cc(F)c(F)cc1F. The van der Waals surface area contributed by atoms with E-state index in [-0.39, 0.29) is 31.2 Å². The molecule has 1 heterocycles. The number of hydrazine groups is 1. The van der Waals surface area contributed by atoms with Gasteiger partial charge in [0.25, 0.3) is 0 Å². The van der Waals surface area contributed by atoms with Crippen molar-refractivity contribution in [2.24, 2.45) is 0 Å². The van der Waals surface area contributed by atoms with Crippen molar-refractivity contribution < 1.29 is 27.9 Å². The number of halogens is 3. The van der Waals surface area contributed by atoms with E-state index in [0.29, 0.717) is 19.0 Å². The van der Waals surface area contributed by atoms with Crippen LogP contribution < -0.4 is 5.43 Å². The zero-order chi connectivity index (χ0) is 17.9. The number of carbonyl (C=O) groups is 2. The maximum absolute atomic E-state index is 13.6.